The van der Waals surface area contributed by atoms with Crippen LogP contribution in [-0.2, 0) is 4.74 Å². The van der Waals surface area contributed by atoms with Crippen molar-refractivity contribution in [2.45, 2.75) is 30.8 Å². The zero-order valence-electron chi connectivity index (χ0n) is 10.1. The summed E-state index contributed by atoms with van der Waals surface area (Å²) in [5, 5.41) is 19.8. The molecule has 1 aliphatic carbocycles. The molecule has 0 spiro atoms. The second-order valence-electron chi connectivity index (χ2n) is 5.32. The van der Waals surface area contributed by atoms with Gasteiger partial charge in [-0.2, -0.15) is 4.39 Å². The van der Waals surface area contributed by atoms with Crippen LogP contribution in [0.4, 0.5) is 4.39 Å². The average Bonchev–Trinajstić information content (AvgIpc) is 3.02. The molecule has 104 valence electrons. The second-order valence-corrected chi connectivity index (χ2v) is 5.71. The first kappa shape index (κ1) is 12.9. The van der Waals surface area contributed by atoms with E-state index in [-0.39, 0.29) is 17.3 Å². The summed E-state index contributed by atoms with van der Waals surface area (Å²) in [5.41, 5.74) is -2.98. The average molecular weight is 288 g/mol. The molecule has 0 radical (unpaired) electrons. The number of halogens is 1. The van der Waals surface area contributed by atoms with E-state index in [1.165, 1.54) is 4.57 Å². The Morgan fingerprint density at radius 2 is 2.42 bits per heavy atom. The van der Waals surface area contributed by atoms with Gasteiger partial charge in [-0.25, -0.2) is 0 Å². The summed E-state index contributed by atoms with van der Waals surface area (Å²) in [6, 6.07) is 0. The molecule has 1 aromatic rings. The first-order valence-electron chi connectivity index (χ1n) is 5.84. The third-order valence-corrected chi connectivity index (χ3v) is 4.33. The molecule has 0 bridgehead atoms. The largest absolute Gasteiger partial charge is 0.393 e. The molecule has 1 aliphatic heterocycles. The Labute approximate surface area is 112 Å². The minimum Gasteiger partial charge on any atom is -0.393 e. The number of aromatic nitrogens is 2. The van der Waals surface area contributed by atoms with Crippen LogP contribution in [0, 0.1) is 16.5 Å². The molecule has 0 amide bonds. The standard InChI is InChI=1S/C11H13FN2O4S/c1-10(17)6-2-11(6,4-15)18-8(10)14-3-5(12)7(16)13-9(14)19/h3,6,8,15,17H,2,4H2,1H3,(H,13,16,19). The van der Waals surface area contributed by atoms with Crippen LogP contribution in [-0.4, -0.2) is 37.6 Å². The number of fused-ring (bicyclic) bond motifs is 1. The Kier molecular flexibility index (Phi) is 2.53. The maximum atomic E-state index is 13.4. The quantitative estimate of drug-likeness (QED) is 0.671. The molecule has 2 fully saturated rings. The van der Waals surface area contributed by atoms with Crippen LogP contribution < -0.4 is 5.56 Å². The van der Waals surface area contributed by atoms with Crippen molar-refractivity contribution in [2.75, 3.05) is 6.61 Å². The van der Waals surface area contributed by atoms with Gasteiger partial charge in [0.2, 0.25) is 5.82 Å². The molecule has 3 N–H and O–H groups in total. The van der Waals surface area contributed by atoms with Crippen molar-refractivity contribution in [3.8, 4) is 0 Å². The molecule has 2 heterocycles. The van der Waals surface area contributed by atoms with Crippen LogP contribution in [0.25, 0.3) is 0 Å². The van der Waals surface area contributed by atoms with E-state index in [9.17, 15) is 19.4 Å². The number of aliphatic hydroxyl groups is 2. The van der Waals surface area contributed by atoms with E-state index in [1.54, 1.807) is 6.92 Å². The van der Waals surface area contributed by atoms with Gasteiger partial charge in [0.25, 0.3) is 5.56 Å². The van der Waals surface area contributed by atoms with Gasteiger partial charge in [0.05, 0.1) is 12.8 Å². The van der Waals surface area contributed by atoms with Crippen molar-refractivity contribution >= 4 is 12.2 Å². The van der Waals surface area contributed by atoms with Crippen molar-refractivity contribution in [2.24, 2.45) is 5.92 Å². The fourth-order valence-corrected chi connectivity index (χ4v) is 3.10. The van der Waals surface area contributed by atoms with Gasteiger partial charge in [-0.15, -0.1) is 0 Å². The number of nitrogens with zero attached hydrogens (tertiary/aromatic N) is 1. The molecule has 1 aromatic heterocycles. The summed E-state index contributed by atoms with van der Waals surface area (Å²) < 4.78 is 20.1. The summed E-state index contributed by atoms with van der Waals surface area (Å²) in [5.74, 6) is -1.24. The summed E-state index contributed by atoms with van der Waals surface area (Å²) in [4.78, 5) is 13.3. The van der Waals surface area contributed by atoms with E-state index >= 15 is 0 Å². The molecule has 3 rings (SSSR count). The highest BCUT2D eigenvalue weighted by Crippen LogP contribution is 2.63. The van der Waals surface area contributed by atoms with Crippen LogP contribution in [0.2, 0.25) is 0 Å². The Morgan fingerprint density at radius 1 is 1.74 bits per heavy atom. The van der Waals surface area contributed by atoms with Crippen LogP contribution in [0.15, 0.2) is 11.0 Å². The summed E-state index contributed by atoms with van der Waals surface area (Å²) >= 11 is 4.95. The molecule has 8 heteroatoms. The highest BCUT2D eigenvalue weighted by molar-refractivity contribution is 7.71. The monoisotopic (exact) mass is 288 g/mol. The lowest BCUT2D eigenvalue weighted by Crippen LogP contribution is -2.37. The number of rotatable bonds is 2. The summed E-state index contributed by atoms with van der Waals surface area (Å²) in [6.07, 6.45) is 0.528. The first-order valence-corrected chi connectivity index (χ1v) is 6.25. The molecule has 1 saturated carbocycles. The number of aromatic amines is 1. The third-order valence-electron chi connectivity index (χ3n) is 4.02. The highest BCUT2D eigenvalue weighted by Gasteiger charge is 2.72. The van der Waals surface area contributed by atoms with Gasteiger partial charge < -0.3 is 14.9 Å². The van der Waals surface area contributed by atoms with Crippen LogP contribution in [0.3, 0.4) is 0 Å². The number of hydrogen-bond acceptors (Lipinski definition) is 5. The number of aliphatic hydroxyl groups excluding tert-OH is 1. The Morgan fingerprint density at radius 3 is 3.00 bits per heavy atom. The fraction of sp³-hybridized carbons (Fsp3) is 0.636. The topological polar surface area (TPSA) is 87.5 Å². The van der Waals surface area contributed by atoms with E-state index in [0.29, 0.717) is 6.42 Å². The van der Waals surface area contributed by atoms with Crippen molar-refractivity contribution in [1.82, 2.24) is 9.55 Å². The molecule has 6 nitrogen and oxygen atoms in total. The Hall–Kier alpha value is -1.09. The maximum Gasteiger partial charge on any atom is 0.287 e. The zero-order chi connectivity index (χ0) is 14.0. The molecule has 1 saturated heterocycles. The molecular weight excluding hydrogens is 275 g/mol. The second kappa shape index (κ2) is 3.72. The van der Waals surface area contributed by atoms with Crippen molar-refractivity contribution < 1.29 is 19.3 Å². The Bertz CT molecular complexity index is 655. The van der Waals surface area contributed by atoms with Crippen LogP contribution in [0.1, 0.15) is 19.6 Å². The van der Waals surface area contributed by atoms with Crippen LogP contribution >= 0.6 is 12.2 Å². The van der Waals surface area contributed by atoms with Gasteiger partial charge in [-0.1, -0.05) is 0 Å². The van der Waals surface area contributed by atoms with Crippen LogP contribution in [0.5, 0.6) is 0 Å². The number of H-pyrrole nitrogens is 1. The van der Waals surface area contributed by atoms with Crippen molar-refractivity contribution in [3.63, 3.8) is 0 Å². The molecule has 4 atom stereocenters. The van der Waals surface area contributed by atoms with Gasteiger partial charge in [-0.3, -0.25) is 14.3 Å². The minimum atomic E-state index is -1.29. The van der Waals surface area contributed by atoms with E-state index in [0.717, 1.165) is 6.20 Å². The molecule has 0 aromatic carbocycles. The van der Waals surface area contributed by atoms with E-state index in [1.807, 2.05) is 0 Å². The summed E-state index contributed by atoms with van der Waals surface area (Å²) in [6.45, 7) is 1.33. The number of hydrogen-bond donors (Lipinski definition) is 3. The van der Waals surface area contributed by atoms with E-state index < -0.39 is 28.8 Å². The van der Waals surface area contributed by atoms with E-state index in [2.05, 4.69) is 4.98 Å². The van der Waals surface area contributed by atoms with Crippen molar-refractivity contribution in [1.29, 1.82) is 0 Å². The van der Waals surface area contributed by atoms with E-state index in [4.69, 9.17) is 17.0 Å². The zero-order valence-corrected chi connectivity index (χ0v) is 10.9. The third kappa shape index (κ3) is 1.64. The number of ether oxygens (including phenoxy) is 1. The Balaban J connectivity index is 2.07. The molecule has 2 aliphatic rings. The highest BCUT2D eigenvalue weighted by atomic mass is 32.1. The molecule has 19 heavy (non-hydrogen) atoms. The summed E-state index contributed by atoms with van der Waals surface area (Å²) in [7, 11) is 0. The fourth-order valence-electron chi connectivity index (χ4n) is 2.86. The minimum absolute atomic E-state index is 0.0361. The first-order chi connectivity index (χ1) is 8.82. The van der Waals surface area contributed by atoms with Gasteiger partial charge in [0.15, 0.2) is 11.0 Å². The predicted molar refractivity (Wildman–Crippen MR) is 64.5 cm³/mol. The van der Waals surface area contributed by atoms with Crippen molar-refractivity contribution in [3.05, 3.63) is 27.1 Å². The lowest BCUT2D eigenvalue weighted by Gasteiger charge is -2.29. The SMILES string of the molecule is CC1(O)C(n2cc(F)c(=O)[nH]c2=S)OC2(CO)CC21. The smallest absolute Gasteiger partial charge is 0.287 e. The normalized spacial score (nSPS) is 40.2. The molecule has 4 unspecified atom stereocenters. The van der Waals surface area contributed by atoms with Gasteiger partial charge in [0, 0.05) is 5.92 Å². The van der Waals surface area contributed by atoms with Gasteiger partial charge in [-0.05, 0) is 25.6 Å². The lowest BCUT2D eigenvalue weighted by molar-refractivity contribution is -0.128. The maximum absolute atomic E-state index is 13.4. The number of nitrogens with one attached hydrogen (secondary N) is 1. The predicted octanol–water partition coefficient (Wildman–Crippen LogP) is 0.0758. The van der Waals surface area contributed by atoms with Gasteiger partial charge in [0.1, 0.15) is 11.2 Å². The molecular formula is C11H13FN2O4S. The van der Waals surface area contributed by atoms with Gasteiger partial charge >= 0.3 is 0 Å². The lowest BCUT2D eigenvalue weighted by atomic mass is 9.98.